The molecule has 0 rings (SSSR count). The number of hydrogen-bond donors (Lipinski definition) is 2. The lowest BCUT2D eigenvalue weighted by Crippen LogP contribution is -2.57. The van der Waals surface area contributed by atoms with E-state index in [9.17, 15) is 0 Å². The molecule has 0 amide bonds. The lowest BCUT2D eigenvalue weighted by molar-refractivity contribution is -0.471. The van der Waals surface area contributed by atoms with Gasteiger partial charge in [0.1, 0.15) is 0 Å². The fourth-order valence-electron chi connectivity index (χ4n) is 3.89. The summed E-state index contributed by atoms with van der Waals surface area (Å²) in [6.45, 7) is 13.7. The molecule has 0 atom stereocenters. The van der Waals surface area contributed by atoms with Gasteiger partial charge in [0.15, 0.2) is 0 Å². The van der Waals surface area contributed by atoms with E-state index in [2.05, 4.69) is 67.2 Å². The van der Waals surface area contributed by atoms with Gasteiger partial charge in [-0.1, -0.05) is 105 Å². The van der Waals surface area contributed by atoms with Gasteiger partial charge in [0.05, 0.1) is 14.1 Å². The molecule has 0 fully saturated rings. The molecular weight excluding hydrogens is 394 g/mol. The molecule has 0 radical (unpaired) electrons. The Morgan fingerprint density at radius 2 is 0.750 bits per heavy atom. The summed E-state index contributed by atoms with van der Waals surface area (Å²) in [5.74, 6) is 1.11. The summed E-state index contributed by atoms with van der Waals surface area (Å²) < 4.78 is 2.20. The van der Waals surface area contributed by atoms with Crippen molar-refractivity contribution >= 4 is 5.96 Å². The minimum Gasteiger partial charge on any atom is -0.268 e. The Bertz CT molecular complexity index is 364. The van der Waals surface area contributed by atoms with Crippen molar-refractivity contribution in [2.45, 2.75) is 130 Å². The fourth-order valence-corrected chi connectivity index (χ4v) is 3.89. The fraction of sp³-hybridized carbons (Fsp3) is 0.963. The summed E-state index contributed by atoms with van der Waals surface area (Å²) >= 11 is 0. The summed E-state index contributed by atoms with van der Waals surface area (Å²) in [5.41, 5.74) is 7.53. The number of unbranched alkanes of at least 4 members (excludes halogenated alkanes) is 12. The molecule has 0 saturated carbocycles. The van der Waals surface area contributed by atoms with E-state index in [-0.39, 0.29) is 0 Å². The highest BCUT2D eigenvalue weighted by atomic mass is 15.6. The van der Waals surface area contributed by atoms with Crippen LogP contribution >= 0.6 is 0 Å². The quantitative estimate of drug-likeness (QED) is 0.0639. The molecule has 0 aromatic heterocycles. The first-order chi connectivity index (χ1) is 15.6. The SMILES string of the molecule is CCCCCCN(CCCCCC)NC(NN(CCCCCC)CCCCCC)=[N+](C)C. The molecule has 0 saturated heterocycles. The van der Waals surface area contributed by atoms with Gasteiger partial charge in [-0.05, 0) is 25.7 Å². The van der Waals surface area contributed by atoms with Crippen LogP contribution in [-0.2, 0) is 0 Å². The molecule has 0 heterocycles. The molecule has 0 spiro atoms. The van der Waals surface area contributed by atoms with Crippen LogP contribution in [0.1, 0.15) is 130 Å². The molecule has 0 aliphatic heterocycles. The molecule has 5 nitrogen and oxygen atoms in total. The Hall–Kier alpha value is -0.810. The van der Waals surface area contributed by atoms with Gasteiger partial charge in [0.25, 0.3) is 0 Å². The van der Waals surface area contributed by atoms with Crippen LogP contribution in [0.3, 0.4) is 0 Å². The summed E-state index contributed by atoms with van der Waals surface area (Å²) in [4.78, 5) is 0. The lowest BCUT2D eigenvalue weighted by Gasteiger charge is -2.25. The topological polar surface area (TPSA) is 33.5 Å². The summed E-state index contributed by atoms with van der Waals surface area (Å²) in [6, 6.07) is 0. The second-order valence-corrected chi connectivity index (χ2v) is 9.68. The Balaban J connectivity index is 4.94. The zero-order valence-electron chi connectivity index (χ0n) is 23.0. The Labute approximate surface area is 202 Å². The largest absolute Gasteiger partial charge is 0.380 e. The van der Waals surface area contributed by atoms with Crippen LogP contribution in [0.2, 0.25) is 0 Å². The number of hydrazine groups is 2. The van der Waals surface area contributed by atoms with Crippen LogP contribution in [0.25, 0.3) is 0 Å². The van der Waals surface area contributed by atoms with Crippen molar-refractivity contribution in [1.82, 2.24) is 20.9 Å². The minimum atomic E-state index is 1.11. The monoisotopic (exact) mass is 454 g/mol. The summed E-state index contributed by atoms with van der Waals surface area (Å²) in [6.07, 6.45) is 21.0. The Morgan fingerprint density at radius 1 is 0.469 bits per heavy atom. The van der Waals surface area contributed by atoms with Gasteiger partial charge in [-0.2, -0.15) is 10.0 Å². The van der Waals surface area contributed by atoms with Crippen LogP contribution in [0, 0.1) is 0 Å². The van der Waals surface area contributed by atoms with E-state index < -0.39 is 0 Å². The number of nitrogens with one attached hydrogen (secondary N) is 2. The molecule has 0 aromatic rings. The maximum Gasteiger partial charge on any atom is 0.380 e. The van der Waals surface area contributed by atoms with Crippen molar-refractivity contribution in [2.24, 2.45) is 0 Å². The van der Waals surface area contributed by atoms with Crippen molar-refractivity contribution in [3.05, 3.63) is 0 Å². The Morgan fingerprint density at radius 3 is 0.969 bits per heavy atom. The van der Waals surface area contributed by atoms with Crippen LogP contribution in [0.15, 0.2) is 0 Å². The van der Waals surface area contributed by atoms with Crippen molar-refractivity contribution in [3.63, 3.8) is 0 Å². The smallest absolute Gasteiger partial charge is 0.268 e. The molecule has 0 unspecified atom stereocenters. The highest BCUT2D eigenvalue weighted by Gasteiger charge is 2.18. The van der Waals surface area contributed by atoms with E-state index in [4.69, 9.17) is 0 Å². The van der Waals surface area contributed by atoms with E-state index in [1.807, 2.05) is 0 Å². The third-order valence-corrected chi connectivity index (χ3v) is 6.10. The average Bonchev–Trinajstić information content (AvgIpc) is 2.78. The summed E-state index contributed by atoms with van der Waals surface area (Å²) in [5, 5.41) is 4.92. The van der Waals surface area contributed by atoms with Crippen LogP contribution in [0.5, 0.6) is 0 Å². The van der Waals surface area contributed by atoms with Crippen molar-refractivity contribution in [1.29, 1.82) is 0 Å². The number of guanidine groups is 1. The highest BCUT2D eigenvalue weighted by molar-refractivity contribution is 5.73. The third-order valence-electron chi connectivity index (χ3n) is 6.10. The molecule has 192 valence electrons. The first-order valence-electron chi connectivity index (χ1n) is 14.2. The predicted octanol–water partition coefficient (Wildman–Crippen LogP) is 6.55. The second kappa shape index (κ2) is 23.4. The van der Waals surface area contributed by atoms with Crippen LogP contribution in [-0.4, -0.2) is 60.8 Å². The van der Waals surface area contributed by atoms with Gasteiger partial charge in [-0.3, -0.25) is 4.58 Å². The molecule has 5 heteroatoms. The van der Waals surface area contributed by atoms with Crippen molar-refractivity contribution in [3.8, 4) is 0 Å². The average molecular weight is 455 g/mol. The van der Waals surface area contributed by atoms with Crippen LogP contribution in [0.4, 0.5) is 0 Å². The normalized spacial score (nSPS) is 11.4. The number of rotatable bonds is 22. The molecule has 32 heavy (non-hydrogen) atoms. The predicted molar refractivity (Wildman–Crippen MR) is 143 cm³/mol. The summed E-state index contributed by atoms with van der Waals surface area (Å²) in [7, 11) is 4.29. The molecule has 2 N–H and O–H groups in total. The third kappa shape index (κ3) is 18.7. The first-order valence-corrected chi connectivity index (χ1v) is 14.2. The maximum atomic E-state index is 3.76. The highest BCUT2D eigenvalue weighted by Crippen LogP contribution is 2.06. The van der Waals surface area contributed by atoms with Gasteiger partial charge >= 0.3 is 5.96 Å². The van der Waals surface area contributed by atoms with Gasteiger partial charge in [0, 0.05) is 26.2 Å². The van der Waals surface area contributed by atoms with E-state index >= 15 is 0 Å². The number of nitrogens with zero attached hydrogens (tertiary/aromatic N) is 3. The standard InChI is InChI=1S/C27H59N5/c1-7-11-15-19-23-31(24-20-16-12-8-2)28-27(30(5)6)29-32(25-21-17-13-9-3)26-22-18-14-10-4/h7-26H2,1-6H3,(H,28,29)/p+1. The maximum absolute atomic E-state index is 3.76. The molecule has 0 bridgehead atoms. The molecule has 0 aromatic carbocycles. The molecule has 0 aliphatic rings. The van der Waals surface area contributed by atoms with E-state index in [0.717, 1.165) is 32.1 Å². The van der Waals surface area contributed by atoms with Gasteiger partial charge in [-0.25, -0.2) is 10.9 Å². The van der Waals surface area contributed by atoms with Crippen molar-refractivity contribution in [2.75, 3.05) is 40.3 Å². The van der Waals surface area contributed by atoms with Crippen LogP contribution < -0.4 is 10.9 Å². The van der Waals surface area contributed by atoms with E-state index in [0.29, 0.717) is 0 Å². The van der Waals surface area contributed by atoms with Gasteiger partial charge in [-0.15, -0.1) is 0 Å². The van der Waals surface area contributed by atoms with Crippen molar-refractivity contribution < 1.29 is 4.58 Å². The Kier molecular flexibility index (Phi) is 22.8. The second-order valence-electron chi connectivity index (χ2n) is 9.68. The lowest BCUT2D eigenvalue weighted by atomic mass is 10.2. The number of hydrogen-bond acceptors (Lipinski definition) is 2. The van der Waals surface area contributed by atoms with E-state index in [1.54, 1.807) is 0 Å². The molecular formula is C27H60N5+. The zero-order chi connectivity index (χ0) is 23.9. The molecule has 0 aliphatic carbocycles. The van der Waals surface area contributed by atoms with Gasteiger partial charge in [0.2, 0.25) is 0 Å². The van der Waals surface area contributed by atoms with Gasteiger partial charge < -0.3 is 0 Å². The first kappa shape index (κ1) is 31.2. The zero-order valence-corrected chi connectivity index (χ0v) is 23.0. The minimum absolute atomic E-state index is 1.11. The van der Waals surface area contributed by atoms with E-state index in [1.165, 1.54) is 103 Å².